The molecule has 0 radical (unpaired) electrons. The first kappa shape index (κ1) is 15.5. The summed E-state index contributed by atoms with van der Waals surface area (Å²) < 4.78 is 4.80. The molecule has 0 unspecified atom stereocenters. The van der Waals surface area contributed by atoms with Crippen LogP contribution < -0.4 is 5.32 Å². The predicted molar refractivity (Wildman–Crippen MR) is 79.9 cm³/mol. The Balaban J connectivity index is 1.90. The predicted octanol–water partition coefficient (Wildman–Crippen LogP) is 1.57. The van der Waals surface area contributed by atoms with Crippen LogP contribution in [0.2, 0.25) is 0 Å². The number of benzene rings is 1. The number of methoxy groups -OCH3 is 1. The average Bonchev–Trinajstić information content (AvgIpc) is 2.52. The fourth-order valence-corrected chi connectivity index (χ4v) is 2.64. The number of esters is 1. The van der Waals surface area contributed by atoms with Gasteiger partial charge in [0, 0.05) is 32.6 Å². The van der Waals surface area contributed by atoms with Crippen LogP contribution in [0.25, 0.3) is 0 Å². The molecule has 1 heterocycles. The highest BCUT2D eigenvalue weighted by Gasteiger charge is 2.20. The molecule has 114 valence electrons. The number of ether oxygens (including phenoxy) is 1. The summed E-state index contributed by atoms with van der Waals surface area (Å²) in [5, 5.41) is 3.47. The SMILES string of the molecule is COC(=O)c1ccccc1CNC1CCN(C(C)=O)CC1. The van der Waals surface area contributed by atoms with E-state index < -0.39 is 0 Å². The number of nitrogens with one attached hydrogen (secondary N) is 1. The lowest BCUT2D eigenvalue weighted by atomic mass is 10.0. The van der Waals surface area contributed by atoms with Gasteiger partial charge in [0.1, 0.15) is 0 Å². The first-order valence-corrected chi connectivity index (χ1v) is 7.27. The maximum absolute atomic E-state index is 11.7. The van der Waals surface area contributed by atoms with E-state index in [1.807, 2.05) is 23.1 Å². The lowest BCUT2D eigenvalue weighted by Crippen LogP contribution is -2.44. The summed E-state index contributed by atoms with van der Waals surface area (Å²) in [6, 6.07) is 7.85. The maximum atomic E-state index is 11.7. The van der Waals surface area contributed by atoms with Gasteiger partial charge in [0.25, 0.3) is 0 Å². The van der Waals surface area contributed by atoms with Gasteiger partial charge < -0.3 is 15.0 Å². The summed E-state index contributed by atoms with van der Waals surface area (Å²) in [5.41, 5.74) is 1.55. The maximum Gasteiger partial charge on any atom is 0.338 e. The monoisotopic (exact) mass is 290 g/mol. The van der Waals surface area contributed by atoms with E-state index in [0.717, 1.165) is 31.5 Å². The van der Waals surface area contributed by atoms with Gasteiger partial charge in [-0.3, -0.25) is 4.79 Å². The molecule has 0 spiro atoms. The van der Waals surface area contributed by atoms with Crippen LogP contribution in [-0.2, 0) is 16.1 Å². The van der Waals surface area contributed by atoms with Crippen LogP contribution in [0.3, 0.4) is 0 Å². The summed E-state index contributed by atoms with van der Waals surface area (Å²) in [5.74, 6) is -0.164. The Kier molecular flexibility index (Phi) is 5.33. The zero-order valence-corrected chi connectivity index (χ0v) is 12.6. The standard InChI is InChI=1S/C16H22N2O3/c1-12(19)18-9-7-14(8-10-18)17-11-13-5-3-4-6-15(13)16(20)21-2/h3-6,14,17H,7-11H2,1-2H3. The van der Waals surface area contributed by atoms with Gasteiger partial charge in [-0.05, 0) is 24.5 Å². The number of nitrogens with zero attached hydrogens (tertiary/aromatic N) is 1. The zero-order chi connectivity index (χ0) is 15.2. The summed E-state index contributed by atoms with van der Waals surface area (Å²) in [4.78, 5) is 24.9. The lowest BCUT2D eigenvalue weighted by Gasteiger charge is -2.32. The summed E-state index contributed by atoms with van der Waals surface area (Å²) in [6.07, 6.45) is 1.89. The molecule has 0 bridgehead atoms. The van der Waals surface area contributed by atoms with E-state index in [-0.39, 0.29) is 11.9 Å². The smallest absolute Gasteiger partial charge is 0.338 e. The van der Waals surface area contributed by atoms with E-state index in [0.29, 0.717) is 18.2 Å². The molecule has 0 aromatic heterocycles. The number of rotatable bonds is 4. The molecule has 2 rings (SSSR count). The van der Waals surface area contributed by atoms with Gasteiger partial charge >= 0.3 is 5.97 Å². The lowest BCUT2D eigenvalue weighted by molar-refractivity contribution is -0.129. The molecule has 0 aliphatic carbocycles. The molecule has 21 heavy (non-hydrogen) atoms. The van der Waals surface area contributed by atoms with Crippen molar-refractivity contribution in [2.45, 2.75) is 32.4 Å². The van der Waals surface area contributed by atoms with Crippen LogP contribution in [0.5, 0.6) is 0 Å². The normalized spacial score (nSPS) is 15.8. The van der Waals surface area contributed by atoms with Crippen molar-refractivity contribution in [2.75, 3.05) is 20.2 Å². The highest BCUT2D eigenvalue weighted by molar-refractivity contribution is 5.90. The number of carbonyl (C=O) groups is 2. The number of hydrogen-bond donors (Lipinski definition) is 1. The van der Waals surface area contributed by atoms with Crippen molar-refractivity contribution in [3.05, 3.63) is 35.4 Å². The number of likely N-dealkylation sites (tertiary alicyclic amines) is 1. The fraction of sp³-hybridized carbons (Fsp3) is 0.500. The molecule has 1 aliphatic heterocycles. The van der Waals surface area contributed by atoms with Crippen LogP contribution in [0.1, 0.15) is 35.7 Å². The van der Waals surface area contributed by atoms with Crippen molar-refractivity contribution in [1.82, 2.24) is 10.2 Å². The van der Waals surface area contributed by atoms with Gasteiger partial charge in [-0.1, -0.05) is 18.2 Å². The Hall–Kier alpha value is -1.88. The molecule has 1 N–H and O–H groups in total. The minimum Gasteiger partial charge on any atom is -0.465 e. The van der Waals surface area contributed by atoms with Crippen LogP contribution >= 0.6 is 0 Å². The van der Waals surface area contributed by atoms with E-state index in [1.165, 1.54) is 7.11 Å². The van der Waals surface area contributed by atoms with E-state index in [2.05, 4.69) is 5.32 Å². The number of piperidine rings is 1. The fourth-order valence-electron chi connectivity index (χ4n) is 2.64. The third-order valence-electron chi connectivity index (χ3n) is 3.94. The molecule has 1 aliphatic rings. The van der Waals surface area contributed by atoms with E-state index in [1.54, 1.807) is 13.0 Å². The zero-order valence-electron chi connectivity index (χ0n) is 12.6. The van der Waals surface area contributed by atoms with Gasteiger partial charge in [-0.2, -0.15) is 0 Å². The third-order valence-corrected chi connectivity index (χ3v) is 3.94. The molecule has 5 nitrogen and oxygen atoms in total. The van der Waals surface area contributed by atoms with Crippen molar-refractivity contribution in [3.63, 3.8) is 0 Å². The number of amides is 1. The Morgan fingerprint density at radius 2 is 1.95 bits per heavy atom. The quantitative estimate of drug-likeness (QED) is 0.855. The van der Waals surface area contributed by atoms with Crippen molar-refractivity contribution in [2.24, 2.45) is 0 Å². The molecule has 1 saturated heterocycles. The molecule has 5 heteroatoms. The van der Waals surface area contributed by atoms with Gasteiger partial charge in [-0.15, -0.1) is 0 Å². The third kappa shape index (κ3) is 4.04. The number of hydrogen-bond acceptors (Lipinski definition) is 4. The molecular formula is C16H22N2O3. The first-order valence-electron chi connectivity index (χ1n) is 7.27. The van der Waals surface area contributed by atoms with Crippen LogP contribution in [0.15, 0.2) is 24.3 Å². The van der Waals surface area contributed by atoms with Gasteiger partial charge in [0.05, 0.1) is 12.7 Å². The average molecular weight is 290 g/mol. The molecule has 0 atom stereocenters. The second-order valence-electron chi connectivity index (χ2n) is 5.31. The Morgan fingerprint density at radius 1 is 1.29 bits per heavy atom. The summed E-state index contributed by atoms with van der Waals surface area (Å²) in [6.45, 7) is 3.84. The van der Waals surface area contributed by atoms with E-state index in [9.17, 15) is 9.59 Å². The van der Waals surface area contributed by atoms with E-state index in [4.69, 9.17) is 4.74 Å². The van der Waals surface area contributed by atoms with Crippen molar-refractivity contribution in [1.29, 1.82) is 0 Å². The molecule has 1 amide bonds. The highest BCUT2D eigenvalue weighted by Crippen LogP contribution is 2.14. The second kappa shape index (κ2) is 7.22. The molecule has 1 fully saturated rings. The summed E-state index contributed by atoms with van der Waals surface area (Å²) in [7, 11) is 1.39. The second-order valence-corrected chi connectivity index (χ2v) is 5.31. The van der Waals surface area contributed by atoms with Gasteiger partial charge in [0.2, 0.25) is 5.91 Å². The topological polar surface area (TPSA) is 58.6 Å². The van der Waals surface area contributed by atoms with Crippen LogP contribution in [-0.4, -0.2) is 43.0 Å². The van der Waals surface area contributed by atoms with E-state index >= 15 is 0 Å². The van der Waals surface area contributed by atoms with Crippen molar-refractivity contribution < 1.29 is 14.3 Å². The largest absolute Gasteiger partial charge is 0.465 e. The minimum atomic E-state index is -0.307. The Morgan fingerprint density at radius 3 is 2.57 bits per heavy atom. The van der Waals surface area contributed by atoms with Crippen LogP contribution in [0.4, 0.5) is 0 Å². The molecule has 1 aromatic rings. The number of carbonyl (C=O) groups excluding carboxylic acids is 2. The molecule has 0 saturated carbocycles. The van der Waals surface area contributed by atoms with Gasteiger partial charge in [0.15, 0.2) is 0 Å². The summed E-state index contributed by atoms with van der Waals surface area (Å²) >= 11 is 0. The molecular weight excluding hydrogens is 268 g/mol. The highest BCUT2D eigenvalue weighted by atomic mass is 16.5. The molecule has 1 aromatic carbocycles. The first-order chi connectivity index (χ1) is 10.1. The van der Waals surface area contributed by atoms with Crippen LogP contribution in [0, 0.1) is 0 Å². The Bertz CT molecular complexity index is 508. The van der Waals surface area contributed by atoms with Crippen molar-refractivity contribution in [3.8, 4) is 0 Å². The minimum absolute atomic E-state index is 0.143. The van der Waals surface area contributed by atoms with Crippen molar-refractivity contribution >= 4 is 11.9 Å². The Labute approximate surface area is 125 Å². The van der Waals surface area contributed by atoms with Gasteiger partial charge in [-0.25, -0.2) is 4.79 Å².